The molecule has 1 saturated heterocycles. The molecule has 1 radical (unpaired) electrons. The largest absolute Gasteiger partial charge is 0.497 e. The summed E-state index contributed by atoms with van der Waals surface area (Å²) in [5.74, 6) is 0.840. The van der Waals surface area contributed by atoms with E-state index in [1.807, 2.05) is 24.3 Å². The molecule has 0 aliphatic carbocycles. The van der Waals surface area contributed by atoms with E-state index in [2.05, 4.69) is 5.32 Å². The van der Waals surface area contributed by atoms with Crippen molar-refractivity contribution < 1.29 is 9.47 Å². The first-order valence-electron chi connectivity index (χ1n) is 5.29. The Morgan fingerprint density at radius 1 is 1.50 bits per heavy atom. The lowest BCUT2D eigenvalue weighted by Gasteiger charge is -2.28. The summed E-state index contributed by atoms with van der Waals surface area (Å²) in [4.78, 5) is 0. The van der Waals surface area contributed by atoms with Gasteiger partial charge in [0.2, 0.25) is 0 Å². The van der Waals surface area contributed by atoms with Crippen LogP contribution < -0.4 is 10.1 Å². The summed E-state index contributed by atoms with van der Waals surface area (Å²) in [5.41, 5.74) is 1.02. The maximum atomic E-state index is 6.13. The lowest BCUT2D eigenvalue weighted by atomic mass is 10.1. The van der Waals surface area contributed by atoms with Gasteiger partial charge in [0, 0.05) is 24.4 Å². The quantitative estimate of drug-likeness (QED) is 0.824. The molecule has 1 aromatic carbocycles. The van der Waals surface area contributed by atoms with E-state index in [1.165, 1.54) is 0 Å². The van der Waals surface area contributed by atoms with Gasteiger partial charge in [-0.15, -0.1) is 11.6 Å². The molecule has 0 saturated carbocycles. The van der Waals surface area contributed by atoms with Crippen molar-refractivity contribution in [3.63, 3.8) is 0 Å². The number of methoxy groups -OCH3 is 1. The zero-order chi connectivity index (χ0) is 11.4. The maximum Gasteiger partial charge on any atom is 0.120 e. The van der Waals surface area contributed by atoms with Gasteiger partial charge in [0.05, 0.1) is 12.5 Å². The minimum absolute atomic E-state index is 0.0973. The Labute approximate surface area is 101 Å². The van der Waals surface area contributed by atoms with Gasteiger partial charge in [0.25, 0.3) is 0 Å². The molecule has 1 aliphatic heterocycles. The summed E-state index contributed by atoms with van der Waals surface area (Å²) in [6.45, 7) is 2.40. The second kappa shape index (κ2) is 5.41. The number of rotatable bonds is 3. The van der Waals surface area contributed by atoms with Crippen molar-refractivity contribution in [1.29, 1.82) is 0 Å². The Kier molecular flexibility index (Phi) is 3.91. The number of benzene rings is 1. The number of hydrogen-bond donors (Lipinski definition) is 1. The van der Waals surface area contributed by atoms with Crippen LogP contribution in [0, 0.1) is 6.61 Å². The van der Waals surface area contributed by atoms with Gasteiger partial charge in [-0.3, -0.25) is 0 Å². The molecule has 1 aliphatic rings. The summed E-state index contributed by atoms with van der Waals surface area (Å²) < 4.78 is 10.3. The van der Waals surface area contributed by atoms with Crippen molar-refractivity contribution in [2.75, 3.05) is 19.0 Å². The highest BCUT2D eigenvalue weighted by Gasteiger charge is 2.24. The van der Waals surface area contributed by atoms with Crippen molar-refractivity contribution in [2.24, 2.45) is 0 Å². The lowest BCUT2D eigenvalue weighted by molar-refractivity contribution is 0.151. The predicted octanol–water partition coefficient (Wildman–Crippen LogP) is 2.67. The molecule has 0 spiro atoms. The Morgan fingerprint density at radius 2 is 2.38 bits per heavy atom. The maximum absolute atomic E-state index is 6.13. The number of nitrogens with one attached hydrogen (secondary N) is 1. The fourth-order valence-corrected chi connectivity index (χ4v) is 1.95. The molecule has 3 nitrogen and oxygen atoms in total. The molecule has 1 heterocycles. The van der Waals surface area contributed by atoms with Crippen molar-refractivity contribution in [3.05, 3.63) is 30.9 Å². The van der Waals surface area contributed by atoms with Gasteiger partial charge in [0.15, 0.2) is 0 Å². The van der Waals surface area contributed by atoms with E-state index >= 15 is 0 Å². The lowest BCUT2D eigenvalue weighted by Crippen LogP contribution is -2.35. The fraction of sp³-hybridized carbons (Fsp3) is 0.417. The van der Waals surface area contributed by atoms with E-state index in [4.69, 9.17) is 21.1 Å². The smallest absolute Gasteiger partial charge is 0.120 e. The first-order valence-corrected chi connectivity index (χ1v) is 5.73. The van der Waals surface area contributed by atoms with Crippen molar-refractivity contribution in [2.45, 2.75) is 17.8 Å². The molecule has 0 bridgehead atoms. The minimum Gasteiger partial charge on any atom is -0.497 e. The first-order chi connectivity index (χ1) is 7.79. The van der Waals surface area contributed by atoms with Gasteiger partial charge < -0.3 is 14.8 Å². The standard InChI is InChI=1S/C12H15ClNO2/c1-15-10-4-2-3-9(7-10)14-12-5-6-16-8-11(12)13/h2-4,7-8,11-12,14H,5-6H2,1H3. The Hall–Kier alpha value is -0.930. The highest BCUT2D eigenvalue weighted by Crippen LogP contribution is 2.23. The molecule has 2 atom stereocenters. The second-order valence-electron chi connectivity index (χ2n) is 3.72. The second-order valence-corrected chi connectivity index (χ2v) is 4.23. The van der Waals surface area contributed by atoms with Crippen LogP contribution in [-0.4, -0.2) is 25.1 Å². The number of halogens is 1. The number of hydrogen-bond acceptors (Lipinski definition) is 3. The molecular formula is C12H15ClNO2. The molecule has 1 N–H and O–H groups in total. The van der Waals surface area contributed by atoms with Gasteiger partial charge in [-0.1, -0.05) is 6.07 Å². The summed E-state index contributed by atoms with van der Waals surface area (Å²) >= 11 is 6.13. The SMILES string of the molecule is COc1cccc(NC2CCO[CH]C2Cl)c1. The molecule has 2 rings (SSSR count). The molecule has 87 valence electrons. The van der Waals surface area contributed by atoms with E-state index in [0.29, 0.717) is 6.61 Å². The van der Waals surface area contributed by atoms with Crippen LogP contribution in [0.25, 0.3) is 0 Å². The molecule has 16 heavy (non-hydrogen) atoms. The minimum atomic E-state index is -0.0973. The van der Waals surface area contributed by atoms with Crippen molar-refractivity contribution in [3.8, 4) is 5.75 Å². The van der Waals surface area contributed by atoms with Crippen LogP contribution in [0.1, 0.15) is 6.42 Å². The average molecular weight is 241 g/mol. The highest BCUT2D eigenvalue weighted by molar-refractivity contribution is 6.22. The van der Waals surface area contributed by atoms with E-state index in [-0.39, 0.29) is 11.4 Å². The number of alkyl halides is 1. The van der Waals surface area contributed by atoms with Gasteiger partial charge >= 0.3 is 0 Å². The van der Waals surface area contributed by atoms with Gasteiger partial charge in [-0.25, -0.2) is 0 Å². The molecule has 0 aromatic heterocycles. The number of anilines is 1. The monoisotopic (exact) mass is 240 g/mol. The topological polar surface area (TPSA) is 30.5 Å². The third kappa shape index (κ3) is 2.80. The molecule has 1 aromatic rings. The normalized spacial score (nSPS) is 25.1. The third-order valence-electron chi connectivity index (χ3n) is 2.58. The van der Waals surface area contributed by atoms with Crippen LogP contribution >= 0.6 is 11.6 Å². The Bertz CT molecular complexity index is 346. The molecular weight excluding hydrogens is 226 g/mol. The summed E-state index contributed by atoms with van der Waals surface area (Å²) in [5, 5.41) is 3.28. The molecule has 1 fully saturated rings. The van der Waals surface area contributed by atoms with Crippen LogP contribution in [0.3, 0.4) is 0 Å². The molecule has 2 unspecified atom stereocenters. The average Bonchev–Trinajstić information content (AvgIpc) is 2.32. The van der Waals surface area contributed by atoms with Crippen LogP contribution in [-0.2, 0) is 4.74 Å². The van der Waals surface area contributed by atoms with Crippen molar-refractivity contribution >= 4 is 17.3 Å². The number of ether oxygens (including phenoxy) is 2. The zero-order valence-electron chi connectivity index (χ0n) is 9.15. The van der Waals surface area contributed by atoms with Crippen LogP contribution in [0.4, 0.5) is 5.69 Å². The Morgan fingerprint density at radius 3 is 3.12 bits per heavy atom. The fourth-order valence-electron chi connectivity index (χ4n) is 1.69. The van der Waals surface area contributed by atoms with Gasteiger partial charge in [-0.2, -0.15) is 0 Å². The van der Waals surface area contributed by atoms with E-state index in [0.717, 1.165) is 17.9 Å². The van der Waals surface area contributed by atoms with E-state index < -0.39 is 0 Å². The summed E-state index contributed by atoms with van der Waals surface area (Å²) in [6.07, 6.45) is 0.905. The molecule has 0 amide bonds. The van der Waals surface area contributed by atoms with Crippen molar-refractivity contribution in [1.82, 2.24) is 0 Å². The van der Waals surface area contributed by atoms with Crippen LogP contribution in [0.15, 0.2) is 24.3 Å². The van der Waals surface area contributed by atoms with Crippen LogP contribution in [0.2, 0.25) is 0 Å². The first kappa shape index (κ1) is 11.6. The summed E-state index contributed by atoms with van der Waals surface area (Å²) in [6, 6.07) is 8.04. The van der Waals surface area contributed by atoms with E-state index in [9.17, 15) is 0 Å². The zero-order valence-corrected chi connectivity index (χ0v) is 9.91. The Balaban J connectivity index is 2.01. The molecule has 4 heteroatoms. The highest BCUT2D eigenvalue weighted by atomic mass is 35.5. The van der Waals surface area contributed by atoms with E-state index in [1.54, 1.807) is 13.7 Å². The third-order valence-corrected chi connectivity index (χ3v) is 2.99. The summed E-state index contributed by atoms with van der Waals surface area (Å²) in [7, 11) is 1.66. The van der Waals surface area contributed by atoms with Gasteiger partial charge in [-0.05, 0) is 18.6 Å². The predicted molar refractivity (Wildman–Crippen MR) is 64.9 cm³/mol. The van der Waals surface area contributed by atoms with Crippen LogP contribution in [0.5, 0.6) is 5.75 Å². The van der Waals surface area contributed by atoms with Gasteiger partial charge in [0.1, 0.15) is 12.4 Å².